The van der Waals surface area contributed by atoms with E-state index in [1.165, 1.54) is 0 Å². The van der Waals surface area contributed by atoms with Crippen molar-refractivity contribution >= 4 is 29.1 Å². The normalized spacial score (nSPS) is 13.3. The van der Waals surface area contributed by atoms with Crippen LogP contribution >= 0.6 is 11.6 Å². The minimum absolute atomic E-state index is 0.0798. The fourth-order valence-corrected chi connectivity index (χ4v) is 2.48. The van der Waals surface area contributed by atoms with Crippen molar-refractivity contribution in [2.24, 2.45) is 0 Å². The molecule has 0 bridgehead atoms. The van der Waals surface area contributed by atoms with Crippen LogP contribution < -0.4 is 15.4 Å². The predicted molar refractivity (Wildman–Crippen MR) is 87.8 cm³/mol. The fraction of sp³-hybridized carbons (Fsp3) is 0.176. The highest BCUT2D eigenvalue weighted by molar-refractivity contribution is 6.30. The number of ether oxygens (including phenoxy) is 1. The molecule has 6 heteroatoms. The van der Waals surface area contributed by atoms with Crippen LogP contribution in [0.4, 0.5) is 5.69 Å². The van der Waals surface area contributed by atoms with Crippen LogP contribution in [0.1, 0.15) is 22.3 Å². The lowest BCUT2D eigenvalue weighted by atomic mass is 10.1. The van der Waals surface area contributed by atoms with Crippen molar-refractivity contribution in [3.8, 4) is 5.75 Å². The van der Waals surface area contributed by atoms with E-state index in [1.807, 2.05) is 6.07 Å². The number of hydrogen-bond donors (Lipinski definition) is 2. The molecule has 0 aromatic heterocycles. The summed E-state index contributed by atoms with van der Waals surface area (Å²) in [5.74, 6) is 0.354. The Bertz CT molecular complexity index is 761. The Morgan fingerprint density at radius 1 is 1.26 bits per heavy atom. The fourth-order valence-electron chi connectivity index (χ4n) is 2.29. The zero-order valence-corrected chi connectivity index (χ0v) is 13.0. The third-order valence-corrected chi connectivity index (χ3v) is 3.68. The summed E-state index contributed by atoms with van der Waals surface area (Å²) in [7, 11) is 0. The zero-order chi connectivity index (χ0) is 16.2. The van der Waals surface area contributed by atoms with Crippen molar-refractivity contribution in [1.29, 1.82) is 0 Å². The number of carbonyl (C=O) groups is 2. The average Bonchev–Trinajstić information content (AvgIpc) is 2.72. The quantitative estimate of drug-likeness (QED) is 0.909. The molecule has 0 saturated heterocycles. The summed E-state index contributed by atoms with van der Waals surface area (Å²) in [4.78, 5) is 23.7. The Labute approximate surface area is 138 Å². The van der Waals surface area contributed by atoms with Crippen molar-refractivity contribution in [3.63, 3.8) is 0 Å². The molecule has 3 rings (SSSR count). The molecule has 1 aliphatic rings. The maximum atomic E-state index is 12.1. The van der Waals surface area contributed by atoms with Gasteiger partial charge in [-0.1, -0.05) is 23.7 Å². The van der Waals surface area contributed by atoms with E-state index in [9.17, 15) is 9.59 Å². The van der Waals surface area contributed by atoms with Gasteiger partial charge in [0.1, 0.15) is 5.75 Å². The number of carbonyl (C=O) groups excluding carboxylic acids is 2. The summed E-state index contributed by atoms with van der Waals surface area (Å²) in [6, 6.07) is 12.2. The second-order valence-electron chi connectivity index (χ2n) is 5.17. The molecule has 1 aliphatic heterocycles. The molecule has 2 aromatic rings. The minimum atomic E-state index is -0.206. The highest BCUT2D eigenvalue weighted by Crippen LogP contribution is 2.28. The van der Waals surface area contributed by atoms with Gasteiger partial charge >= 0.3 is 0 Å². The van der Waals surface area contributed by atoms with Crippen LogP contribution in [0.5, 0.6) is 5.75 Å². The average molecular weight is 331 g/mol. The summed E-state index contributed by atoms with van der Waals surface area (Å²) in [6.07, 6.45) is 0.329. The van der Waals surface area contributed by atoms with Gasteiger partial charge in [-0.25, -0.2) is 0 Å². The molecule has 0 atom stereocenters. The first-order chi connectivity index (χ1) is 11.1. The molecule has 2 amide bonds. The van der Waals surface area contributed by atoms with E-state index >= 15 is 0 Å². The molecule has 1 heterocycles. The largest absolute Gasteiger partial charge is 0.491 e. The van der Waals surface area contributed by atoms with Crippen LogP contribution in [0.3, 0.4) is 0 Å². The molecule has 0 spiro atoms. The SMILES string of the molecule is O=C1CCOc2ccc(CNC(=O)c3cccc(Cl)c3)cc2N1. The molecule has 2 aromatic carbocycles. The third kappa shape index (κ3) is 3.81. The van der Waals surface area contributed by atoms with Gasteiger partial charge in [-0.3, -0.25) is 9.59 Å². The van der Waals surface area contributed by atoms with E-state index in [0.717, 1.165) is 5.56 Å². The Morgan fingerprint density at radius 2 is 2.13 bits per heavy atom. The van der Waals surface area contributed by atoms with E-state index in [1.54, 1.807) is 36.4 Å². The first-order valence-corrected chi connectivity index (χ1v) is 7.59. The predicted octanol–water partition coefficient (Wildman–Crippen LogP) is 2.99. The van der Waals surface area contributed by atoms with Gasteiger partial charge in [-0.15, -0.1) is 0 Å². The van der Waals surface area contributed by atoms with E-state index in [-0.39, 0.29) is 11.8 Å². The number of rotatable bonds is 3. The van der Waals surface area contributed by atoms with Crippen molar-refractivity contribution in [3.05, 3.63) is 58.6 Å². The second kappa shape index (κ2) is 6.71. The number of anilines is 1. The highest BCUT2D eigenvalue weighted by atomic mass is 35.5. The standard InChI is InChI=1S/C17H15ClN2O3/c18-13-3-1-2-12(9-13)17(22)19-10-11-4-5-15-14(8-11)20-16(21)6-7-23-15/h1-5,8-9H,6-7,10H2,(H,19,22)(H,20,21). The lowest BCUT2D eigenvalue weighted by Gasteiger charge is -2.10. The number of halogens is 1. The number of nitrogens with one attached hydrogen (secondary N) is 2. The van der Waals surface area contributed by atoms with Crippen LogP contribution in [0.2, 0.25) is 5.02 Å². The summed E-state index contributed by atoms with van der Waals surface area (Å²) in [6.45, 7) is 0.707. The maximum absolute atomic E-state index is 12.1. The third-order valence-electron chi connectivity index (χ3n) is 3.44. The lowest BCUT2D eigenvalue weighted by Crippen LogP contribution is -2.22. The van der Waals surface area contributed by atoms with Crippen LogP contribution in [0.25, 0.3) is 0 Å². The van der Waals surface area contributed by atoms with Gasteiger partial charge in [0.15, 0.2) is 0 Å². The van der Waals surface area contributed by atoms with Gasteiger partial charge in [-0.05, 0) is 35.9 Å². The number of fused-ring (bicyclic) bond motifs is 1. The van der Waals surface area contributed by atoms with E-state index in [2.05, 4.69) is 10.6 Å². The first kappa shape index (κ1) is 15.4. The zero-order valence-electron chi connectivity index (χ0n) is 12.3. The van der Waals surface area contributed by atoms with Crippen molar-refractivity contribution in [1.82, 2.24) is 5.32 Å². The van der Waals surface area contributed by atoms with Gasteiger partial charge in [0.05, 0.1) is 18.7 Å². The van der Waals surface area contributed by atoms with Crippen molar-refractivity contribution < 1.29 is 14.3 Å². The Kier molecular flexibility index (Phi) is 4.48. The van der Waals surface area contributed by atoms with E-state index in [0.29, 0.717) is 41.6 Å². The highest BCUT2D eigenvalue weighted by Gasteiger charge is 2.14. The number of hydrogen-bond acceptors (Lipinski definition) is 3. The summed E-state index contributed by atoms with van der Waals surface area (Å²) in [5.41, 5.74) is 2.00. The van der Waals surface area contributed by atoms with Gasteiger partial charge < -0.3 is 15.4 Å². The van der Waals surface area contributed by atoms with Crippen LogP contribution in [-0.4, -0.2) is 18.4 Å². The molecule has 0 aliphatic carbocycles. The first-order valence-electron chi connectivity index (χ1n) is 7.21. The molecule has 0 radical (unpaired) electrons. The summed E-state index contributed by atoms with van der Waals surface area (Å²) in [5, 5.41) is 6.14. The Morgan fingerprint density at radius 3 is 2.96 bits per heavy atom. The van der Waals surface area contributed by atoms with Gasteiger partial charge in [0.2, 0.25) is 5.91 Å². The van der Waals surface area contributed by atoms with Crippen LogP contribution in [0.15, 0.2) is 42.5 Å². The minimum Gasteiger partial charge on any atom is -0.491 e. The molecule has 0 fully saturated rings. The van der Waals surface area contributed by atoms with Gasteiger partial charge in [-0.2, -0.15) is 0 Å². The molecule has 118 valence electrons. The summed E-state index contributed by atoms with van der Waals surface area (Å²) < 4.78 is 5.50. The van der Waals surface area contributed by atoms with E-state index < -0.39 is 0 Å². The number of benzene rings is 2. The van der Waals surface area contributed by atoms with E-state index in [4.69, 9.17) is 16.3 Å². The second-order valence-corrected chi connectivity index (χ2v) is 5.61. The molecule has 0 saturated carbocycles. The molecule has 23 heavy (non-hydrogen) atoms. The smallest absolute Gasteiger partial charge is 0.251 e. The molecule has 5 nitrogen and oxygen atoms in total. The van der Waals surface area contributed by atoms with Crippen molar-refractivity contribution in [2.45, 2.75) is 13.0 Å². The lowest BCUT2D eigenvalue weighted by molar-refractivity contribution is -0.116. The Balaban J connectivity index is 1.69. The topological polar surface area (TPSA) is 67.4 Å². The summed E-state index contributed by atoms with van der Waals surface area (Å²) >= 11 is 5.88. The van der Waals surface area contributed by atoms with Crippen LogP contribution in [-0.2, 0) is 11.3 Å². The molecular formula is C17H15ClN2O3. The van der Waals surface area contributed by atoms with Crippen molar-refractivity contribution in [2.75, 3.05) is 11.9 Å². The molecular weight excluding hydrogens is 316 g/mol. The van der Waals surface area contributed by atoms with Crippen LogP contribution in [0, 0.1) is 0 Å². The molecule has 0 unspecified atom stereocenters. The maximum Gasteiger partial charge on any atom is 0.251 e. The number of amides is 2. The van der Waals surface area contributed by atoms with Gasteiger partial charge in [0, 0.05) is 17.1 Å². The van der Waals surface area contributed by atoms with Gasteiger partial charge in [0.25, 0.3) is 5.91 Å². The molecule has 2 N–H and O–H groups in total. The monoisotopic (exact) mass is 330 g/mol. The Hall–Kier alpha value is -2.53.